The van der Waals surface area contributed by atoms with Crippen molar-refractivity contribution in [3.05, 3.63) is 47.7 Å². The Morgan fingerprint density at radius 1 is 1.24 bits per heavy atom. The molecule has 0 bridgehead atoms. The van der Waals surface area contributed by atoms with E-state index in [2.05, 4.69) is 45.2 Å². The number of benzene rings is 1. The molecule has 1 aliphatic heterocycles. The molecule has 7 heteroatoms. The van der Waals surface area contributed by atoms with Crippen molar-refractivity contribution in [2.24, 2.45) is 5.73 Å². The molecule has 130 valence electrons. The van der Waals surface area contributed by atoms with Crippen LogP contribution in [0.15, 0.2) is 41.6 Å². The lowest BCUT2D eigenvalue weighted by molar-refractivity contribution is 0.500. The van der Waals surface area contributed by atoms with Gasteiger partial charge in [0.25, 0.3) is 5.78 Å². The van der Waals surface area contributed by atoms with Crippen molar-refractivity contribution in [1.82, 2.24) is 19.6 Å². The number of aryl methyl sites for hydroxylation is 1. The van der Waals surface area contributed by atoms with Crippen LogP contribution in [0.3, 0.4) is 0 Å². The van der Waals surface area contributed by atoms with E-state index >= 15 is 0 Å². The molecule has 3 aromatic rings. The van der Waals surface area contributed by atoms with Crippen LogP contribution < -0.4 is 10.6 Å². The van der Waals surface area contributed by atoms with E-state index < -0.39 is 0 Å². The first-order chi connectivity index (χ1) is 12.2. The number of nitrogens with zero attached hydrogens (tertiary/aromatic N) is 5. The smallest absolute Gasteiger partial charge is 0.255 e. The Labute approximate surface area is 151 Å². The summed E-state index contributed by atoms with van der Waals surface area (Å²) in [6.07, 6.45) is 2.19. The molecule has 2 aromatic heterocycles. The molecule has 1 saturated heterocycles. The summed E-state index contributed by atoms with van der Waals surface area (Å²) >= 11 is 1.63. The van der Waals surface area contributed by atoms with Crippen LogP contribution in [0.2, 0.25) is 0 Å². The zero-order valence-electron chi connectivity index (χ0n) is 14.3. The molecule has 25 heavy (non-hydrogen) atoms. The molecular formula is C18H22N6S. The van der Waals surface area contributed by atoms with Crippen LogP contribution in [0.4, 0.5) is 5.82 Å². The first-order valence-electron chi connectivity index (χ1n) is 8.61. The van der Waals surface area contributed by atoms with Crippen molar-refractivity contribution in [1.29, 1.82) is 0 Å². The quantitative estimate of drug-likeness (QED) is 0.726. The van der Waals surface area contributed by atoms with Crippen molar-refractivity contribution < 1.29 is 0 Å². The van der Waals surface area contributed by atoms with Crippen molar-refractivity contribution in [3.8, 4) is 0 Å². The minimum absolute atomic E-state index is 0.215. The Kier molecular flexibility index (Phi) is 4.59. The number of hydrogen-bond donors (Lipinski definition) is 1. The van der Waals surface area contributed by atoms with Gasteiger partial charge >= 0.3 is 0 Å². The average Bonchev–Trinajstić information content (AvgIpc) is 3.03. The summed E-state index contributed by atoms with van der Waals surface area (Å²) in [5, 5.41) is 5.45. The van der Waals surface area contributed by atoms with Gasteiger partial charge in [-0.3, -0.25) is 0 Å². The highest BCUT2D eigenvalue weighted by Crippen LogP contribution is 2.24. The first-order valence-corrected chi connectivity index (χ1v) is 9.59. The lowest BCUT2D eigenvalue weighted by atomic mass is 10.1. The molecule has 3 heterocycles. The molecule has 2 N–H and O–H groups in total. The molecule has 0 spiro atoms. The molecular weight excluding hydrogens is 332 g/mol. The van der Waals surface area contributed by atoms with Crippen LogP contribution in [0.5, 0.6) is 0 Å². The summed E-state index contributed by atoms with van der Waals surface area (Å²) in [5.41, 5.74) is 8.37. The van der Waals surface area contributed by atoms with Gasteiger partial charge < -0.3 is 10.6 Å². The van der Waals surface area contributed by atoms with E-state index in [1.165, 1.54) is 5.56 Å². The molecule has 1 aliphatic rings. The minimum atomic E-state index is 0.215. The van der Waals surface area contributed by atoms with E-state index in [1.54, 1.807) is 11.8 Å². The van der Waals surface area contributed by atoms with Gasteiger partial charge in [-0.15, -0.1) is 5.10 Å². The summed E-state index contributed by atoms with van der Waals surface area (Å²) in [5.74, 6) is 2.54. The highest BCUT2D eigenvalue weighted by Gasteiger charge is 2.21. The second-order valence-corrected chi connectivity index (χ2v) is 7.43. The monoisotopic (exact) mass is 354 g/mol. The van der Waals surface area contributed by atoms with Crippen molar-refractivity contribution in [2.75, 3.05) is 18.0 Å². The normalized spacial score (nSPS) is 18.0. The topological polar surface area (TPSA) is 72.3 Å². The van der Waals surface area contributed by atoms with Crippen molar-refractivity contribution in [2.45, 2.75) is 36.7 Å². The third kappa shape index (κ3) is 3.62. The highest BCUT2D eigenvalue weighted by atomic mass is 32.2. The number of anilines is 1. The Balaban J connectivity index is 1.62. The molecule has 0 saturated carbocycles. The number of piperidine rings is 1. The second-order valence-electron chi connectivity index (χ2n) is 6.48. The summed E-state index contributed by atoms with van der Waals surface area (Å²) in [6.45, 7) is 3.85. The highest BCUT2D eigenvalue weighted by molar-refractivity contribution is 7.98. The van der Waals surface area contributed by atoms with Crippen LogP contribution in [0, 0.1) is 6.92 Å². The maximum atomic E-state index is 6.16. The van der Waals surface area contributed by atoms with E-state index in [-0.39, 0.29) is 6.04 Å². The Hall–Kier alpha value is -2.12. The van der Waals surface area contributed by atoms with Crippen LogP contribution >= 0.6 is 11.8 Å². The molecule has 0 aliphatic carbocycles. The minimum Gasteiger partial charge on any atom is -0.355 e. The number of nitrogens with two attached hydrogens (primary N) is 1. The number of rotatable bonds is 4. The summed E-state index contributed by atoms with van der Waals surface area (Å²) in [6, 6.07) is 12.7. The maximum Gasteiger partial charge on any atom is 0.255 e. The van der Waals surface area contributed by atoms with Crippen molar-refractivity contribution in [3.63, 3.8) is 0 Å². The third-order valence-corrected chi connectivity index (χ3v) is 5.30. The fourth-order valence-corrected chi connectivity index (χ4v) is 3.95. The SMILES string of the molecule is Cc1cc(N2CCCC(N)C2)n2nc(SCc3ccccc3)nc2n1. The predicted molar refractivity (Wildman–Crippen MR) is 101 cm³/mol. The van der Waals surface area contributed by atoms with E-state index in [0.717, 1.165) is 48.4 Å². The third-order valence-electron chi connectivity index (χ3n) is 4.39. The molecule has 6 nitrogen and oxygen atoms in total. The maximum absolute atomic E-state index is 6.16. The summed E-state index contributed by atoms with van der Waals surface area (Å²) in [4.78, 5) is 11.5. The summed E-state index contributed by atoms with van der Waals surface area (Å²) < 4.78 is 1.86. The largest absolute Gasteiger partial charge is 0.355 e. The Morgan fingerprint density at radius 3 is 2.88 bits per heavy atom. The van der Waals surface area contributed by atoms with Crippen LogP contribution in [0.25, 0.3) is 5.78 Å². The van der Waals surface area contributed by atoms with Gasteiger partial charge in [0.1, 0.15) is 5.82 Å². The van der Waals surface area contributed by atoms with Crippen LogP contribution in [-0.4, -0.2) is 38.7 Å². The molecule has 1 atom stereocenters. The summed E-state index contributed by atoms with van der Waals surface area (Å²) in [7, 11) is 0. The van der Waals surface area contributed by atoms with Gasteiger partial charge in [0.2, 0.25) is 5.16 Å². The van der Waals surface area contributed by atoms with E-state index in [0.29, 0.717) is 5.78 Å². The van der Waals surface area contributed by atoms with E-state index in [1.807, 2.05) is 17.5 Å². The predicted octanol–water partition coefficient (Wildman–Crippen LogP) is 2.65. The van der Waals surface area contributed by atoms with Gasteiger partial charge in [-0.25, -0.2) is 4.98 Å². The number of aromatic nitrogens is 4. The lowest BCUT2D eigenvalue weighted by Crippen LogP contribution is -2.43. The Morgan fingerprint density at radius 2 is 2.08 bits per heavy atom. The number of thioether (sulfide) groups is 1. The lowest BCUT2D eigenvalue weighted by Gasteiger charge is -2.32. The van der Waals surface area contributed by atoms with Gasteiger partial charge in [0.15, 0.2) is 0 Å². The van der Waals surface area contributed by atoms with Gasteiger partial charge in [-0.05, 0) is 25.3 Å². The van der Waals surface area contributed by atoms with Gasteiger partial charge in [-0.1, -0.05) is 42.1 Å². The molecule has 0 radical (unpaired) electrons. The van der Waals surface area contributed by atoms with Gasteiger partial charge in [0.05, 0.1) is 0 Å². The molecule has 0 amide bonds. The van der Waals surface area contributed by atoms with Gasteiger partial charge in [-0.2, -0.15) is 9.50 Å². The van der Waals surface area contributed by atoms with Crippen LogP contribution in [-0.2, 0) is 5.75 Å². The van der Waals surface area contributed by atoms with E-state index in [4.69, 9.17) is 10.8 Å². The zero-order valence-corrected chi connectivity index (χ0v) is 15.1. The first kappa shape index (κ1) is 16.4. The average molecular weight is 354 g/mol. The molecule has 1 unspecified atom stereocenters. The van der Waals surface area contributed by atoms with Gasteiger partial charge in [0, 0.05) is 36.6 Å². The number of hydrogen-bond acceptors (Lipinski definition) is 6. The van der Waals surface area contributed by atoms with Crippen molar-refractivity contribution >= 4 is 23.4 Å². The van der Waals surface area contributed by atoms with Crippen LogP contribution in [0.1, 0.15) is 24.1 Å². The fraction of sp³-hybridized carbons (Fsp3) is 0.389. The molecule has 1 aromatic carbocycles. The number of fused-ring (bicyclic) bond motifs is 1. The molecule has 4 rings (SSSR count). The zero-order chi connectivity index (χ0) is 17.2. The Bertz CT molecular complexity index is 863. The fourth-order valence-electron chi connectivity index (χ4n) is 3.18. The molecule has 1 fully saturated rings. The second kappa shape index (κ2) is 7.01. The van der Waals surface area contributed by atoms with E-state index in [9.17, 15) is 0 Å². The standard InChI is InChI=1S/C18H22N6S/c1-13-10-16(23-9-5-8-15(19)11-23)24-17(20-13)21-18(22-24)25-12-14-6-3-2-4-7-14/h2-4,6-7,10,15H,5,8-9,11-12,19H2,1H3.